The lowest BCUT2D eigenvalue weighted by Gasteiger charge is -2.28. The molecule has 0 aliphatic rings. The van der Waals surface area contributed by atoms with E-state index in [0.29, 0.717) is 18.8 Å². The Morgan fingerprint density at radius 2 is 1.28 bits per heavy atom. The van der Waals surface area contributed by atoms with Crippen molar-refractivity contribution in [3.63, 3.8) is 0 Å². The highest BCUT2D eigenvalue weighted by molar-refractivity contribution is 5.53. The van der Waals surface area contributed by atoms with E-state index >= 15 is 0 Å². The molecule has 0 fully saturated rings. The Hall–Kier alpha value is -2.98. The van der Waals surface area contributed by atoms with Gasteiger partial charge in [-0.25, -0.2) is 0 Å². The third-order valence-electron chi connectivity index (χ3n) is 7.34. The van der Waals surface area contributed by atoms with Crippen molar-refractivity contribution in [2.75, 3.05) is 59.3 Å². The van der Waals surface area contributed by atoms with Gasteiger partial charge < -0.3 is 19.0 Å². The maximum Gasteiger partial charge on any atom is 0.137 e. The van der Waals surface area contributed by atoms with Crippen LogP contribution in [0.4, 0.5) is 5.69 Å². The first-order chi connectivity index (χ1) is 18.5. The fourth-order valence-electron chi connectivity index (χ4n) is 4.86. The molecule has 2 heterocycles. The third-order valence-corrected chi connectivity index (χ3v) is 7.34. The van der Waals surface area contributed by atoms with Gasteiger partial charge in [-0.15, -0.1) is 10.2 Å². The number of anilines is 1. The summed E-state index contributed by atoms with van der Waals surface area (Å²) in [6.07, 6.45) is 8.96. The van der Waals surface area contributed by atoms with Gasteiger partial charge in [0.25, 0.3) is 0 Å². The normalized spacial score (nSPS) is 12.3. The van der Waals surface area contributed by atoms with Gasteiger partial charge in [-0.2, -0.15) is 0 Å². The highest BCUT2D eigenvalue weighted by Gasteiger charge is 2.19. The summed E-state index contributed by atoms with van der Waals surface area (Å²) in [7, 11) is 9.00. The van der Waals surface area contributed by atoms with Gasteiger partial charge in [0.1, 0.15) is 30.2 Å². The van der Waals surface area contributed by atoms with E-state index in [1.807, 2.05) is 28.4 Å². The van der Waals surface area contributed by atoms with E-state index in [1.165, 1.54) is 25.7 Å². The van der Waals surface area contributed by atoms with Gasteiger partial charge in [-0.1, -0.05) is 43.2 Å². The van der Waals surface area contributed by atoms with E-state index in [0.717, 1.165) is 70.9 Å². The largest absolute Gasteiger partial charge is 0.508 e. The molecule has 2 aromatic heterocycles. The zero-order chi connectivity index (χ0) is 28.5. The lowest BCUT2D eigenvalue weighted by Crippen LogP contribution is -2.39. The number of phenols is 1. The predicted octanol–water partition coefficient (Wildman–Crippen LogP) is 3.84. The SMILES string of the molecule is CCCC[N+](C)(C)Cc1cn(CCN(CCn2cc(C[N+](C)(C)CCCC)nn2)c2ccc(C)c(O)c2)nn1. The Bertz CT molecular complexity index is 1090. The fourth-order valence-corrected chi connectivity index (χ4v) is 4.86. The number of aromatic hydroxyl groups is 1. The first-order valence-electron chi connectivity index (χ1n) is 14.5. The van der Waals surface area contributed by atoms with Crippen LogP contribution in [0.25, 0.3) is 0 Å². The maximum absolute atomic E-state index is 10.4. The van der Waals surface area contributed by atoms with Crippen molar-refractivity contribution in [2.45, 2.75) is 72.6 Å². The summed E-state index contributed by atoms with van der Waals surface area (Å²) in [5.74, 6) is 0.308. The summed E-state index contributed by atoms with van der Waals surface area (Å²) in [4.78, 5) is 2.27. The van der Waals surface area contributed by atoms with Gasteiger partial charge in [-0.05, 0) is 31.4 Å². The van der Waals surface area contributed by atoms with Gasteiger partial charge in [-0.3, -0.25) is 9.36 Å². The van der Waals surface area contributed by atoms with Gasteiger partial charge >= 0.3 is 0 Å². The number of hydrogen-bond donors (Lipinski definition) is 1. The molecule has 1 aromatic carbocycles. The number of quaternary nitrogens is 2. The number of aromatic nitrogens is 6. The van der Waals surface area contributed by atoms with Crippen LogP contribution in [0.3, 0.4) is 0 Å². The topological polar surface area (TPSA) is 84.9 Å². The second-order valence-corrected chi connectivity index (χ2v) is 12.2. The number of nitrogens with zero attached hydrogens (tertiary/aromatic N) is 9. The van der Waals surface area contributed by atoms with Crippen LogP contribution in [0, 0.1) is 6.92 Å². The van der Waals surface area contributed by atoms with Crippen molar-refractivity contribution in [3.05, 3.63) is 47.5 Å². The van der Waals surface area contributed by atoms with Crippen LogP contribution in [0.2, 0.25) is 0 Å². The molecule has 3 aromatic rings. The van der Waals surface area contributed by atoms with Gasteiger partial charge in [0.2, 0.25) is 0 Å². The molecule has 10 heteroatoms. The molecule has 3 rings (SSSR count). The second-order valence-electron chi connectivity index (χ2n) is 12.2. The number of rotatable bonds is 17. The maximum atomic E-state index is 10.4. The van der Waals surface area contributed by atoms with Crippen LogP contribution in [0.15, 0.2) is 30.6 Å². The summed E-state index contributed by atoms with van der Waals surface area (Å²) < 4.78 is 5.69. The van der Waals surface area contributed by atoms with Crippen molar-refractivity contribution >= 4 is 5.69 Å². The summed E-state index contributed by atoms with van der Waals surface area (Å²) in [6, 6.07) is 5.87. The Morgan fingerprint density at radius 1 is 0.795 bits per heavy atom. The van der Waals surface area contributed by atoms with Crippen LogP contribution in [0.5, 0.6) is 5.75 Å². The molecular formula is C29H51N9O+2. The van der Waals surface area contributed by atoms with E-state index in [4.69, 9.17) is 0 Å². The molecule has 0 saturated heterocycles. The molecule has 0 saturated carbocycles. The van der Waals surface area contributed by atoms with Crippen molar-refractivity contribution in [3.8, 4) is 5.75 Å². The second kappa shape index (κ2) is 13.9. The highest BCUT2D eigenvalue weighted by atomic mass is 16.3. The Balaban J connectivity index is 1.64. The van der Waals surface area contributed by atoms with Crippen LogP contribution >= 0.6 is 0 Å². The monoisotopic (exact) mass is 541 g/mol. The molecule has 10 nitrogen and oxygen atoms in total. The Labute approximate surface area is 235 Å². The van der Waals surface area contributed by atoms with Gasteiger partial charge in [0.05, 0.1) is 66.8 Å². The molecule has 39 heavy (non-hydrogen) atoms. The molecule has 0 atom stereocenters. The number of aryl methyl sites for hydroxylation is 1. The molecule has 0 spiro atoms. The molecular weight excluding hydrogens is 490 g/mol. The average Bonchev–Trinajstić information content (AvgIpc) is 3.51. The molecule has 0 unspecified atom stereocenters. The summed E-state index contributed by atoms with van der Waals surface area (Å²) in [5.41, 5.74) is 3.89. The molecule has 0 radical (unpaired) electrons. The molecule has 0 amide bonds. The molecule has 0 aliphatic heterocycles. The standard InChI is InChI=1S/C29H50N9O/c1-8-10-18-37(4,5)23-26-21-35(32-30-26)16-14-34(28-13-12-25(3)29(39)20-28)15-17-36-22-27(31-33-36)24-38(6,7)19-11-9-2/h12-13,20-22H,8-11,14-19,23-24H2,1-7H3/q+1/p+1. The van der Waals surface area contributed by atoms with Crippen LogP contribution in [-0.2, 0) is 26.2 Å². The quantitative estimate of drug-likeness (QED) is 0.262. The lowest BCUT2D eigenvalue weighted by molar-refractivity contribution is -0.904. The van der Waals surface area contributed by atoms with Crippen LogP contribution in [0.1, 0.15) is 56.5 Å². The van der Waals surface area contributed by atoms with E-state index in [-0.39, 0.29) is 0 Å². The van der Waals surface area contributed by atoms with Crippen molar-refractivity contribution < 1.29 is 14.1 Å². The molecule has 0 bridgehead atoms. The first kappa shape index (κ1) is 30.6. The van der Waals surface area contributed by atoms with Crippen molar-refractivity contribution in [2.24, 2.45) is 0 Å². The number of hydrogen-bond acceptors (Lipinski definition) is 6. The minimum atomic E-state index is 0.308. The minimum Gasteiger partial charge on any atom is -0.508 e. The van der Waals surface area contributed by atoms with Gasteiger partial charge in [0.15, 0.2) is 0 Å². The smallest absolute Gasteiger partial charge is 0.137 e. The van der Waals surface area contributed by atoms with E-state index in [1.54, 1.807) is 0 Å². The zero-order valence-corrected chi connectivity index (χ0v) is 25.3. The Morgan fingerprint density at radius 3 is 1.72 bits per heavy atom. The minimum absolute atomic E-state index is 0.308. The van der Waals surface area contributed by atoms with Crippen LogP contribution in [-0.4, -0.2) is 98.4 Å². The lowest BCUT2D eigenvalue weighted by atomic mass is 10.2. The van der Waals surface area contributed by atoms with E-state index < -0.39 is 0 Å². The number of phenolic OH excluding ortho intramolecular Hbond substituents is 1. The number of benzene rings is 1. The third kappa shape index (κ3) is 9.93. The van der Waals surface area contributed by atoms with E-state index in [2.05, 4.69) is 86.0 Å². The summed E-state index contributed by atoms with van der Waals surface area (Å²) in [5, 5.41) is 28.1. The first-order valence-corrected chi connectivity index (χ1v) is 14.5. The number of unbranched alkanes of at least 4 members (excludes halogenated alkanes) is 2. The van der Waals surface area contributed by atoms with Crippen molar-refractivity contribution in [1.82, 2.24) is 30.0 Å². The zero-order valence-electron chi connectivity index (χ0n) is 25.3. The highest BCUT2D eigenvalue weighted by Crippen LogP contribution is 2.24. The summed E-state index contributed by atoms with van der Waals surface area (Å²) >= 11 is 0. The Kier molecular flexibility index (Phi) is 10.9. The predicted molar refractivity (Wildman–Crippen MR) is 156 cm³/mol. The fraction of sp³-hybridized carbons (Fsp3) is 0.655. The van der Waals surface area contributed by atoms with Gasteiger partial charge in [0, 0.05) is 24.8 Å². The van der Waals surface area contributed by atoms with E-state index in [9.17, 15) is 5.11 Å². The van der Waals surface area contributed by atoms with Crippen LogP contribution < -0.4 is 4.90 Å². The molecule has 0 aliphatic carbocycles. The molecule has 1 N–H and O–H groups in total. The average molecular weight is 542 g/mol. The molecule has 216 valence electrons. The van der Waals surface area contributed by atoms with Crippen molar-refractivity contribution in [1.29, 1.82) is 0 Å². The summed E-state index contributed by atoms with van der Waals surface area (Å²) in [6.45, 7) is 13.3.